The van der Waals surface area contributed by atoms with Crippen molar-refractivity contribution in [1.82, 2.24) is 4.31 Å². The molecule has 1 N–H and O–H groups in total. The van der Waals surface area contributed by atoms with Crippen molar-refractivity contribution in [2.75, 3.05) is 13.1 Å². The van der Waals surface area contributed by atoms with Gasteiger partial charge in [0.05, 0.1) is 10.9 Å². The number of carbonyl (C=O) groups is 1. The van der Waals surface area contributed by atoms with Crippen molar-refractivity contribution in [3.63, 3.8) is 0 Å². The van der Waals surface area contributed by atoms with Crippen LogP contribution in [0.4, 0.5) is 0 Å². The number of carboxylic acids is 1. The van der Waals surface area contributed by atoms with E-state index in [2.05, 4.69) is 0 Å². The topological polar surface area (TPSA) is 74.7 Å². The van der Waals surface area contributed by atoms with Gasteiger partial charge in [0.2, 0.25) is 10.0 Å². The van der Waals surface area contributed by atoms with Crippen molar-refractivity contribution in [3.05, 3.63) is 29.3 Å². The van der Waals surface area contributed by atoms with E-state index >= 15 is 0 Å². The first-order chi connectivity index (χ1) is 8.84. The second-order valence-electron chi connectivity index (χ2n) is 4.67. The number of hydrogen-bond acceptors (Lipinski definition) is 3. The second-order valence-corrected chi connectivity index (χ2v) is 6.99. The van der Waals surface area contributed by atoms with Gasteiger partial charge < -0.3 is 5.11 Å². The van der Waals surface area contributed by atoms with Crippen molar-refractivity contribution in [3.8, 4) is 0 Å². The van der Waals surface area contributed by atoms with E-state index in [1.54, 1.807) is 19.1 Å². The summed E-state index contributed by atoms with van der Waals surface area (Å²) in [6.45, 7) is 1.93. The van der Waals surface area contributed by atoms with Gasteiger partial charge in [-0.1, -0.05) is 30.7 Å². The molecule has 1 heterocycles. The zero-order chi connectivity index (χ0) is 14.2. The number of benzene rings is 1. The molecule has 19 heavy (non-hydrogen) atoms. The summed E-state index contributed by atoms with van der Waals surface area (Å²) in [7, 11) is -3.73. The molecule has 0 aliphatic carbocycles. The van der Waals surface area contributed by atoms with Crippen LogP contribution >= 0.6 is 11.6 Å². The SMILES string of the molecule is CC1CN(S(=O)(=O)c2ccccc2Cl)CC1C(=O)O. The molecular formula is C12H14ClNO4S. The Morgan fingerprint density at radius 2 is 2.00 bits per heavy atom. The van der Waals surface area contributed by atoms with Crippen LogP contribution in [0.2, 0.25) is 5.02 Å². The molecule has 2 atom stereocenters. The zero-order valence-corrected chi connectivity index (χ0v) is 11.9. The van der Waals surface area contributed by atoms with Crippen molar-refractivity contribution in [2.24, 2.45) is 11.8 Å². The van der Waals surface area contributed by atoms with Gasteiger partial charge in [-0.05, 0) is 18.1 Å². The molecule has 2 unspecified atom stereocenters. The van der Waals surface area contributed by atoms with Crippen molar-refractivity contribution in [2.45, 2.75) is 11.8 Å². The number of nitrogens with zero attached hydrogens (tertiary/aromatic N) is 1. The first kappa shape index (κ1) is 14.3. The molecule has 1 aliphatic rings. The lowest BCUT2D eigenvalue weighted by atomic mass is 9.99. The Hall–Kier alpha value is -1.11. The van der Waals surface area contributed by atoms with Gasteiger partial charge in [-0.2, -0.15) is 4.31 Å². The maximum Gasteiger partial charge on any atom is 0.308 e. The van der Waals surface area contributed by atoms with E-state index in [0.29, 0.717) is 0 Å². The lowest BCUT2D eigenvalue weighted by molar-refractivity contribution is -0.142. The van der Waals surface area contributed by atoms with Crippen LogP contribution in [-0.4, -0.2) is 36.9 Å². The third-order valence-corrected chi connectivity index (χ3v) is 5.68. The molecule has 1 aromatic rings. The van der Waals surface area contributed by atoms with Crippen LogP contribution in [0, 0.1) is 11.8 Å². The Morgan fingerprint density at radius 1 is 1.37 bits per heavy atom. The first-order valence-electron chi connectivity index (χ1n) is 5.81. The average Bonchev–Trinajstić information content (AvgIpc) is 2.72. The van der Waals surface area contributed by atoms with Gasteiger partial charge in [0.25, 0.3) is 0 Å². The molecule has 1 saturated heterocycles. The van der Waals surface area contributed by atoms with Gasteiger partial charge in [-0.25, -0.2) is 8.42 Å². The van der Waals surface area contributed by atoms with E-state index in [1.807, 2.05) is 0 Å². The number of carboxylic acid groups (broad SMARTS) is 1. The monoisotopic (exact) mass is 303 g/mol. The third-order valence-electron chi connectivity index (χ3n) is 3.35. The highest BCUT2D eigenvalue weighted by Crippen LogP contribution is 2.31. The fourth-order valence-corrected chi connectivity index (χ4v) is 4.29. The van der Waals surface area contributed by atoms with Crippen LogP contribution in [0.5, 0.6) is 0 Å². The minimum atomic E-state index is -3.73. The number of hydrogen-bond donors (Lipinski definition) is 1. The summed E-state index contributed by atoms with van der Waals surface area (Å²) in [4.78, 5) is 11.1. The third kappa shape index (κ3) is 2.61. The summed E-state index contributed by atoms with van der Waals surface area (Å²) in [5.74, 6) is -1.85. The van der Waals surface area contributed by atoms with Crippen molar-refractivity contribution in [1.29, 1.82) is 0 Å². The zero-order valence-electron chi connectivity index (χ0n) is 10.3. The normalized spacial score (nSPS) is 24.5. The maximum atomic E-state index is 12.4. The Kier molecular flexibility index (Phi) is 3.85. The molecule has 1 aliphatic heterocycles. The van der Waals surface area contributed by atoms with Crippen molar-refractivity contribution >= 4 is 27.6 Å². The molecule has 1 aromatic carbocycles. The summed E-state index contributed by atoms with van der Waals surface area (Å²) >= 11 is 5.90. The fourth-order valence-electron chi connectivity index (χ4n) is 2.23. The molecule has 0 spiro atoms. The van der Waals surface area contributed by atoms with Crippen LogP contribution in [0.25, 0.3) is 0 Å². The fraction of sp³-hybridized carbons (Fsp3) is 0.417. The van der Waals surface area contributed by atoms with E-state index in [4.69, 9.17) is 16.7 Å². The molecule has 0 radical (unpaired) electrons. The van der Waals surface area contributed by atoms with Gasteiger partial charge >= 0.3 is 5.97 Å². The van der Waals surface area contributed by atoms with Gasteiger partial charge in [-0.15, -0.1) is 0 Å². The largest absolute Gasteiger partial charge is 0.481 e. The number of rotatable bonds is 3. The lowest BCUT2D eigenvalue weighted by Gasteiger charge is -2.16. The molecule has 1 fully saturated rings. The number of halogens is 1. The molecule has 104 valence electrons. The van der Waals surface area contributed by atoms with Crippen molar-refractivity contribution < 1.29 is 18.3 Å². The van der Waals surface area contributed by atoms with Gasteiger partial charge in [0.1, 0.15) is 4.90 Å². The molecule has 0 saturated carbocycles. The minimum absolute atomic E-state index is 0.00986. The highest BCUT2D eigenvalue weighted by atomic mass is 35.5. The quantitative estimate of drug-likeness (QED) is 0.922. The smallest absolute Gasteiger partial charge is 0.308 e. The minimum Gasteiger partial charge on any atom is -0.481 e. The van der Waals surface area contributed by atoms with Crippen LogP contribution in [-0.2, 0) is 14.8 Å². The first-order valence-corrected chi connectivity index (χ1v) is 7.63. The van der Waals surface area contributed by atoms with Crippen LogP contribution in [0.1, 0.15) is 6.92 Å². The van der Waals surface area contributed by atoms with Crippen LogP contribution in [0.15, 0.2) is 29.2 Å². The summed E-state index contributed by atoms with van der Waals surface area (Å²) in [5.41, 5.74) is 0. The predicted octanol–water partition coefficient (Wildman–Crippen LogP) is 1.68. The highest BCUT2D eigenvalue weighted by Gasteiger charge is 2.41. The van der Waals surface area contributed by atoms with E-state index in [0.717, 1.165) is 0 Å². The van der Waals surface area contributed by atoms with Gasteiger partial charge in [0.15, 0.2) is 0 Å². The summed E-state index contributed by atoms with van der Waals surface area (Å²) in [6.07, 6.45) is 0. The standard InChI is InChI=1S/C12H14ClNO4S/c1-8-6-14(7-9(8)12(15)16)19(17,18)11-5-3-2-4-10(11)13/h2-5,8-9H,6-7H2,1H3,(H,15,16). The van der Waals surface area contributed by atoms with E-state index in [-0.39, 0.29) is 28.9 Å². The molecule has 2 rings (SSSR count). The summed E-state index contributed by atoms with van der Waals surface area (Å²) in [5, 5.41) is 9.19. The highest BCUT2D eigenvalue weighted by molar-refractivity contribution is 7.89. The predicted molar refractivity (Wildman–Crippen MR) is 70.5 cm³/mol. The Balaban J connectivity index is 2.33. The second kappa shape index (κ2) is 5.11. The molecule has 5 nitrogen and oxygen atoms in total. The van der Waals surface area contributed by atoms with E-state index in [9.17, 15) is 13.2 Å². The molecule has 0 amide bonds. The van der Waals surface area contributed by atoms with Crippen LogP contribution < -0.4 is 0 Å². The molecule has 0 aromatic heterocycles. The molecular weight excluding hydrogens is 290 g/mol. The Labute approximate surface area is 116 Å². The average molecular weight is 304 g/mol. The van der Waals surface area contributed by atoms with E-state index < -0.39 is 21.9 Å². The molecule has 0 bridgehead atoms. The lowest BCUT2D eigenvalue weighted by Crippen LogP contribution is -2.30. The van der Waals surface area contributed by atoms with Gasteiger partial charge in [-0.3, -0.25) is 4.79 Å². The van der Waals surface area contributed by atoms with E-state index in [1.165, 1.54) is 16.4 Å². The van der Waals surface area contributed by atoms with Gasteiger partial charge in [0, 0.05) is 13.1 Å². The summed E-state index contributed by atoms with van der Waals surface area (Å²) < 4.78 is 26.0. The summed E-state index contributed by atoms with van der Waals surface area (Å²) in [6, 6.07) is 6.17. The maximum absolute atomic E-state index is 12.4. The Bertz CT molecular complexity index is 602. The molecule has 7 heteroatoms. The van der Waals surface area contributed by atoms with Crippen LogP contribution in [0.3, 0.4) is 0 Å². The number of sulfonamides is 1. The Morgan fingerprint density at radius 3 is 2.53 bits per heavy atom. The number of aliphatic carboxylic acids is 1.